The Morgan fingerprint density at radius 1 is 1.62 bits per heavy atom. The summed E-state index contributed by atoms with van der Waals surface area (Å²) in [5.41, 5.74) is 0. The van der Waals surface area contributed by atoms with E-state index in [1.807, 2.05) is 6.92 Å². The second-order valence-corrected chi connectivity index (χ2v) is 6.03. The second kappa shape index (κ2) is 4.60. The molecule has 0 spiro atoms. The van der Waals surface area contributed by atoms with Crippen LogP contribution in [0.5, 0.6) is 0 Å². The van der Waals surface area contributed by atoms with Gasteiger partial charge in [0.25, 0.3) is 0 Å². The summed E-state index contributed by atoms with van der Waals surface area (Å²) in [7, 11) is 0. The van der Waals surface area contributed by atoms with Crippen molar-refractivity contribution in [3.05, 3.63) is 0 Å². The van der Waals surface area contributed by atoms with Gasteiger partial charge >= 0.3 is 5.97 Å². The Balaban J connectivity index is 1.89. The molecular formula is C11H15IO4. The number of hydrogen-bond acceptors (Lipinski definition) is 4. The first kappa shape index (κ1) is 12.3. The number of Topliss-reactive ketones (excluding diaryl/α,β-unsaturated/α-hetero) is 1. The molecule has 1 unspecified atom stereocenters. The molecule has 0 bridgehead atoms. The lowest BCUT2D eigenvalue weighted by Crippen LogP contribution is -2.27. The fourth-order valence-corrected chi connectivity index (χ4v) is 2.90. The van der Waals surface area contributed by atoms with Gasteiger partial charge in [-0.05, 0) is 26.2 Å². The summed E-state index contributed by atoms with van der Waals surface area (Å²) in [6.07, 6.45) is 0.382. The smallest absolute Gasteiger partial charge is 0.309 e. The zero-order valence-corrected chi connectivity index (χ0v) is 11.5. The average Bonchev–Trinajstić information content (AvgIpc) is 2.81. The maximum absolute atomic E-state index is 11.9. The van der Waals surface area contributed by atoms with Crippen molar-refractivity contribution in [3.63, 3.8) is 0 Å². The number of carbonyl (C=O) groups excluding carboxylic acids is 2. The molecule has 5 atom stereocenters. The Morgan fingerprint density at radius 3 is 2.75 bits per heavy atom. The lowest BCUT2D eigenvalue weighted by Gasteiger charge is -2.15. The van der Waals surface area contributed by atoms with Crippen LogP contribution in [-0.4, -0.2) is 28.6 Å². The van der Waals surface area contributed by atoms with Crippen LogP contribution in [0.15, 0.2) is 0 Å². The number of esters is 1. The molecule has 16 heavy (non-hydrogen) atoms. The van der Waals surface area contributed by atoms with E-state index in [0.717, 1.165) is 0 Å². The van der Waals surface area contributed by atoms with Crippen molar-refractivity contribution in [2.45, 2.75) is 30.5 Å². The van der Waals surface area contributed by atoms with E-state index in [1.165, 1.54) is 0 Å². The maximum atomic E-state index is 11.9. The summed E-state index contributed by atoms with van der Waals surface area (Å²) in [5.74, 6) is -0.263. The molecule has 0 heterocycles. The van der Waals surface area contributed by atoms with Crippen LogP contribution >= 0.6 is 22.6 Å². The van der Waals surface area contributed by atoms with E-state index in [0.29, 0.717) is 13.0 Å². The highest BCUT2D eigenvalue weighted by molar-refractivity contribution is 14.1. The van der Waals surface area contributed by atoms with Crippen molar-refractivity contribution in [1.82, 2.24) is 0 Å². The average molecular weight is 338 g/mol. The van der Waals surface area contributed by atoms with E-state index in [2.05, 4.69) is 22.6 Å². The summed E-state index contributed by atoms with van der Waals surface area (Å²) in [6, 6.07) is 0. The number of halogens is 1. The van der Waals surface area contributed by atoms with Gasteiger partial charge in [0, 0.05) is 5.92 Å². The SMILES string of the molecule is CCOC(=O)[C@H]1[C@@H]2C[C@@H](OC(C)I)C(=O)[C@@H]21. The van der Waals surface area contributed by atoms with E-state index < -0.39 is 0 Å². The van der Waals surface area contributed by atoms with Crippen LogP contribution < -0.4 is 0 Å². The van der Waals surface area contributed by atoms with Crippen molar-refractivity contribution in [2.75, 3.05) is 6.61 Å². The van der Waals surface area contributed by atoms with Crippen molar-refractivity contribution in [1.29, 1.82) is 0 Å². The van der Waals surface area contributed by atoms with Gasteiger partial charge in [0.15, 0.2) is 5.78 Å². The van der Waals surface area contributed by atoms with Gasteiger partial charge in [-0.25, -0.2) is 0 Å². The minimum atomic E-state index is -0.299. The molecule has 0 aromatic carbocycles. The molecule has 2 aliphatic rings. The topological polar surface area (TPSA) is 52.6 Å². The zero-order valence-electron chi connectivity index (χ0n) is 9.31. The van der Waals surface area contributed by atoms with Gasteiger partial charge in [-0.3, -0.25) is 9.59 Å². The quantitative estimate of drug-likeness (QED) is 0.443. The normalized spacial score (nSPS) is 38.1. The number of alkyl halides is 1. The maximum Gasteiger partial charge on any atom is 0.309 e. The number of rotatable bonds is 4. The summed E-state index contributed by atoms with van der Waals surface area (Å²) < 4.78 is 10.5. The third kappa shape index (κ3) is 2.11. The molecule has 0 aromatic heterocycles. The minimum Gasteiger partial charge on any atom is -0.466 e. The molecule has 4 nitrogen and oxygen atoms in total. The van der Waals surface area contributed by atoms with E-state index >= 15 is 0 Å². The van der Waals surface area contributed by atoms with E-state index in [4.69, 9.17) is 9.47 Å². The van der Waals surface area contributed by atoms with Crippen LogP contribution in [0, 0.1) is 17.8 Å². The van der Waals surface area contributed by atoms with E-state index in [1.54, 1.807) is 6.92 Å². The zero-order chi connectivity index (χ0) is 11.9. The lowest BCUT2D eigenvalue weighted by atomic mass is 10.1. The summed E-state index contributed by atoms with van der Waals surface area (Å²) in [6.45, 7) is 4.07. The monoisotopic (exact) mass is 338 g/mol. The predicted octanol–water partition coefficient (Wildman–Crippen LogP) is 1.55. The summed E-state index contributed by atoms with van der Waals surface area (Å²) >= 11 is 2.13. The predicted molar refractivity (Wildman–Crippen MR) is 65.1 cm³/mol. The van der Waals surface area contributed by atoms with Crippen molar-refractivity contribution in [3.8, 4) is 0 Å². The molecule has 90 valence electrons. The standard InChI is InChI=1S/C11H15IO4/c1-3-15-11(14)9-6-4-7(16-5(2)12)10(13)8(6)9/h5-9H,3-4H2,1-2H3/t5?,6-,7-,8+,9+/m1/s1. The summed E-state index contributed by atoms with van der Waals surface area (Å²) in [4.78, 5) is 23.3. The Bertz CT molecular complexity index is 315. The Kier molecular flexibility index (Phi) is 3.53. The summed E-state index contributed by atoms with van der Waals surface area (Å²) in [5, 5.41) is 0. The molecule has 0 aromatic rings. The third-order valence-corrected chi connectivity index (χ3v) is 3.50. The molecule has 2 saturated carbocycles. The van der Waals surface area contributed by atoms with Gasteiger partial charge in [-0.1, -0.05) is 22.6 Å². The van der Waals surface area contributed by atoms with Crippen LogP contribution in [0.1, 0.15) is 20.3 Å². The number of fused-ring (bicyclic) bond motifs is 1. The van der Waals surface area contributed by atoms with Crippen LogP contribution in [0.4, 0.5) is 0 Å². The highest BCUT2D eigenvalue weighted by Crippen LogP contribution is 2.56. The van der Waals surface area contributed by atoms with E-state index in [-0.39, 0.29) is 39.7 Å². The van der Waals surface area contributed by atoms with Crippen molar-refractivity contribution < 1.29 is 19.1 Å². The number of hydrogen-bond donors (Lipinski definition) is 0. The first-order valence-electron chi connectivity index (χ1n) is 5.56. The van der Waals surface area contributed by atoms with Crippen LogP contribution in [0.3, 0.4) is 0 Å². The van der Waals surface area contributed by atoms with Gasteiger partial charge in [0.1, 0.15) is 10.2 Å². The fraction of sp³-hybridized carbons (Fsp3) is 0.818. The second-order valence-electron chi connectivity index (χ2n) is 4.27. The largest absolute Gasteiger partial charge is 0.466 e. The van der Waals surface area contributed by atoms with E-state index in [9.17, 15) is 9.59 Å². The van der Waals surface area contributed by atoms with Gasteiger partial charge in [0.2, 0.25) is 0 Å². The highest BCUT2D eigenvalue weighted by atomic mass is 127. The van der Waals surface area contributed by atoms with Gasteiger partial charge in [-0.2, -0.15) is 0 Å². The molecule has 0 saturated heterocycles. The number of carbonyl (C=O) groups is 2. The molecular weight excluding hydrogens is 323 g/mol. The highest BCUT2D eigenvalue weighted by Gasteiger charge is 2.66. The van der Waals surface area contributed by atoms with Crippen molar-refractivity contribution >= 4 is 34.3 Å². The Hall–Kier alpha value is -0.170. The van der Waals surface area contributed by atoms with Gasteiger partial charge < -0.3 is 9.47 Å². The molecule has 0 amide bonds. The third-order valence-electron chi connectivity index (χ3n) is 3.21. The number of ether oxygens (including phenoxy) is 2. The molecule has 5 heteroatoms. The minimum absolute atomic E-state index is 0.0325. The molecule has 0 radical (unpaired) electrons. The van der Waals surface area contributed by atoms with Gasteiger partial charge in [0.05, 0.1) is 12.5 Å². The molecule has 2 aliphatic carbocycles. The molecule has 2 rings (SSSR count). The Morgan fingerprint density at radius 2 is 2.31 bits per heavy atom. The van der Waals surface area contributed by atoms with Crippen molar-refractivity contribution in [2.24, 2.45) is 17.8 Å². The first-order chi connectivity index (χ1) is 7.56. The van der Waals surface area contributed by atoms with Crippen LogP contribution in [-0.2, 0) is 19.1 Å². The molecule has 2 fully saturated rings. The lowest BCUT2D eigenvalue weighted by molar-refractivity contribution is -0.147. The first-order valence-corrected chi connectivity index (χ1v) is 6.80. The molecule has 0 aliphatic heterocycles. The Labute approximate surface area is 108 Å². The van der Waals surface area contributed by atoms with Gasteiger partial charge in [-0.15, -0.1) is 0 Å². The molecule has 0 N–H and O–H groups in total. The number of ketones is 1. The fourth-order valence-electron chi connectivity index (χ4n) is 2.54. The van der Waals surface area contributed by atoms with Crippen LogP contribution in [0.2, 0.25) is 0 Å². The van der Waals surface area contributed by atoms with Crippen LogP contribution in [0.25, 0.3) is 0 Å².